The molecule has 2 aromatic rings. The van der Waals surface area contributed by atoms with Gasteiger partial charge in [0.2, 0.25) is 0 Å². The highest BCUT2D eigenvalue weighted by molar-refractivity contribution is 7.80. The number of anilines is 2. The van der Waals surface area contributed by atoms with E-state index < -0.39 is 0 Å². The summed E-state index contributed by atoms with van der Waals surface area (Å²) < 4.78 is 0. The van der Waals surface area contributed by atoms with Gasteiger partial charge < -0.3 is 11.1 Å². The zero-order valence-electron chi connectivity index (χ0n) is 8.55. The molecule has 0 aliphatic heterocycles. The zero-order valence-corrected chi connectivity index (χ0v) is 9.37. The summed E-state index contributed by atoms with van der Waals surface area (Å²) in [7, 11) is 0. The third-order valence-electron chi connectivity index (χ3n) is 2.09. The highest BCUT2D eigenvalue weighted by Gasteiger charge is 1.98. The van der Waals surface area contributed by atoms with Crippen LogP contribution in [0.3, 0.4) is 0 Å². The summed E-state index contributed by atoms with van der Waals surface area (Å²) in [5, 5.41) is 3.17. The maximum Gasteiger partial charge on any atom is 0.130 e. The summed E-state index contributed by atoms with van der Waals surface area (Å²) in [5.74, 6) is 0.770. The number of benzene rings is 1. The zero-order chi connectivity index (χ0) is 11.4. The van der Waals surface area contributed by atoms with Crippen LogP contribution in [0.1, 0.15) is 5.56 Å². The van der Waals surface area contributed by atoms with Crippen LogP contribution in [0.15, 0.2) is 48.7 Å². The first-order valence-electron chi connectivity index (χ1n) is 4.83. The van der Waals surface area contributed by atoms with Gasteiger partial charge in [0.25, 0.3) is 0 Å². The van der Waals surface area contributed by atoms with Crippen LogP contribution in [-0.2, 0) is 0 Å². The summed E-state index contributed by atoms with van der Waals surface area (Å²) in [6.45, 7) is 0. The topological polar surface area (TPSA) is 50.9 Å². The summed E-state index contributed by atoms with van der Waals surface area (Å²) >= 11 is 4.85. The van der Waals surface area contributed by atoms with Crippen molar-refractivity contribution in [1.29, 1.82) is 0 Å². The Kier molecular flexibility index (Phi) is 3.12. The maximum atomic E-state index is 5.49. The Labute approximate surface area is 99.3 Å². The van der Waals surface area contributed by atoms with E-state index in [1.807, 2.05) is 42.5 Å². The molecule has 0 aliphatic rings. The second kappa shape index (κ2) is 4.72. The van der Waals surface area contributed by atoms with Gasteiger partial charge in [0.05, 0.1) is 0 Å². The number of thiocarbonyl (C=S) groups is 1. The minimum absolute atomic E-state index is 0.360. The number of nitrogens with two attached hydrogens (primary N) is 1. The largest absolute Gasteiger partial charge is 0.389 e. The third kappa shape index (κ3) is 2.55. The second-order valence-corrected chi connectivity index (χ2v) is 3.73. The van der Waals surface area contributed by atoms with Crippen LogP contribution >= 0.6 is 12.2 Å². The Hall–Kier alpha value is -1.94. The SMILES string of the molecule is NC(=S)c1ccc(Nc2ccccc2)nc1. The number of hydrogen-bond donors (Lipinski definition) is 2. The van der Waals surface area contributed by atoms with Crippen molar-refractivity contribution in [2.24, 2.45) is 5.73 Å². The summed E-state index contributed by atoms with van der Waals surface area (Å²) in [4.78, 5) is 4.58. The van der Waals surface area contributed by atoms with E-state index in [4.69, 9.17) is 18.0 Å². The first-order chi connectivity index (χ1) is 7.75. The third-order valence-corrected chi connectivity index (χ3v) is 2.33. The molecular weight excluding hydrogens is 218 g/mol. The van der Waals surface area contributed by atoms with E-state index in [1.165, 1.54) is 0 Å². The van der Waals surface area contributed by atoms with Crippen LogP contribution < -0.4 is 11.1 Å². The standard InChI is InChI=1S/C12H11N3S/c13-12(16)9-6-7-11(14-8-9)15-10-4-2-1-3-5-10/h1-8H,(H2,13,16)(H,14,15). The Balaban J connectivity index is 2.14. The lowest BCUT2D eigenvalue weighted by Gasteiger charge is -2.05. The molecule has 3 N–H and O–H groups in total. The van der Waals surface area contributed by atoms with E-state index in [0.29, 0.717) is 4.99 Å². The molecule has 0 atom stereocenters. The summed E-state index contributed by atoms with van der Waals surface area (Å²) in [5.41, 5.74) is 7.26. The minimum Gasteiger partial charge on any atom is -0.389 e. The van der Waals surface area contributed by atoms with Gasteiger partial charge in [-0.2, -0.15) is 0 Å². The molecule has 0 radical (unpaired) electrons. The van der Waals surface area contributed by atoms with Crippen molar-refractivity contribution in [2.45, 2.75) is 0 Å². The van der Waals surface area contributed by atoms with E-state index in [2.05, 4.69) is 10.3 Å². The van der Waals surface area contributed by atoms with Crippen LogP contribution in [-0.4, -0.2) is 9.97 Å². The maximum absolute atomic E-state index is 5.49. The molecule has 0 spiro atoms. The first-order valence-corrected chi connectivity index (χ1v) is 5.24. The normalized spacial score (nSPS) is 9.75. The Morgan fingerprint density at radius 2 is 1.88 bits per heavy atom. The van der Waals surface area contributed by atoms with E-state index in [-0.39, 0.29) is 0 Å². The van der Waals surface area contributed by atoms with Gasteiger partial charge >= 0.3 is 0 Å². The number of nitrogens with one attached hydrogen (secondary N) is 1. The average Bonchev–Trinajstić information content (AvgIpc) is 2.31. The number of nitrogens with zero attached hydrogens (tertiary/aromatic N) is 1. The fraction of sp³-hybridized carbons (Fsp3) is 0. The van der Waals surface area contributed by atoms with Gasteiger partial charge in [-0.15, -0.1) is 0 Å². The molecule has 0 saturated heterocycles. The molecule has 0 fully saturated rings. The minimum atomic E-state index is 0.360. The van der Waals surface area contributed by atoms with Gasteiger partial charge in [0.15, 0.2) is 0 Å². The van der Waals surface area contributed by atoms with Gasteiger partial charge in [-0.25, -0.2) is 4.98 Å². The molecule has 16 heavy (non-hydrogen) atoms. The van der Waals surface area contributed by atoms with Gasteiger partial charge in [-0.05, 0) is 24.3 Å². The van der Waals surface area contributed by atoms with Crippen molar-refractivity contribution in [2.75, 3.05) is 5.32 Å². The molecule has 1 heterocycles. The van der Waals surface area contributed by atoms with Crippen molar-refractivity contribution >= 4 is 28.7 Å². The average molecular weight is 229 g/mol. The monoisotopic (exact) mass is 229 g/mol. The van der Waals surface area contributed by atoms with Crippen molar-refractivity contribution in [1.82, 2.24) is 4.98 Å². The molecule has 3 nitrogen and oxygen atoms in total. The number of pyridine rings is 1. The van der Waals surface area contributed by atoms with Crippen molar-refractivity contribution in [3.63, 3.8) is 0 Å². The Morgan fingerprint density at radius 1 is 1.12 bits per heavy atom. The summed E-state index contributed by atoms with van der Waals surface area (Å²) in [6.07, 6.45) is 1.66. The van der Waals surface area contributed by atoms with Crippen LogP contribution in [0.2, 0.25) is 0 Å². The van der Waals surface area contributed by atoms with Crippen molar-refractivity contribution in [3.05, 3.63) is 54.2 Å². The lowest BCUT2D eigenvalue weighted by atomic mass is 10.3. The van der Waals surface area contributed by atoms with Crippen molar-refractivity contribution < 1.29 is 0 Å². The lowest BCUT2D eigenvalue weighted by Crippen LogP contribution is -2.09. The number of para-hydroxylation sites is 1. The van der Waals surface area contributed by atoms with Crippen LogP contribution in [0.25, 0.3) is 0 Å². The smallest absolute Gasteiger partial charge is 0.130 e. The van der Waals surface area contributed by atoms with Crippen LogP contribution in [0.4, 0.5) is 11.5 Å². The van der Waals surface area contributed by atoms with E-state index in [1.54, 1.807) is 6.20 Å². The number of rotatable bonds is 3. The molecule has 80 valence electrons. The second-order valence-electron chi connectivity index (χ2n) is 3.29. The predicted octanol–water partition coefficient (Wildman–Crippen LogP) is 2.46. The molecule has 0 amide bonds. The number of aromatic nitrogens is 1. The molecule has 1 aromatic heterocycles. The fourth-order valence-corrected chi connectivity index (χ4v) is 1.40. The van der Waals surface area contributed by atoms with E-state index >= 15 is 0 Å². The van der Waals surface area contributed by atoms with Gasteiger partial charge in [0, 0.05) is 17.4 Å². The fourth-order valence-electron chi connectivity index (χ4n) is 1.28. The molecule has 0 bridgehead atoms. The highest BCUT2D eigenvalue weighted by atomic mass is 32.1. The number of hydrogen-bond acceptors (Lipinski definition) is 3. The lowest BCUT2D eigenvalue weighted by molar-refractivity contribution is 1.30. The summed E-state index contributed by atoms with van der Waals surface area (Å²) in [6, 6.07) is 13.5. The quantitative estimate of drug-likeness (QED) is 0.794. The van der Waals surface area contributed by atoms with Gasteiger partial charge in [0.1, 0.15) is 10.8 Å². The molecule has 0 saturated carbocycles. The first kappa shape index (κ1) is 10.6. The van der Waals surface area contributed by atoms with Crippen molar-refractivity contribution in [3.8, 4) is 0 Å². The van der Waals surface area contributed by atoms with Crippen LogP contribution in [0, 0.1) is 0 Å². The highest BCUT2D eigenvalue weighted by Crippen LogP contribution is 2.13. The van der Waals surface area contributed by atoms with Gasteiger partial charge in [-0.3, -0.25) is 0 Å². The Bertz CT molecular complexity index is 479. The molecular formula is C12H11N3S. The molecule has 1 aromatic carbocycles. The van der Waals surface area contributed by atoms with E-state index in [9.17, 15) is 0 Å². The molecule has 2 rings (SSSR count). The molecule has 0 aliphatic carbocycles. The molecule has 4 heteroatoms. The van der Waals surface area contributed by atoms with E-state index in [0.717, 1.165) is 17.1 Å². The Morgan fingerprint density at radius 3 is 2.44 bits per heavy atom. The molecule has 0 unspecified atom stereocenters. The predicted molar refractivity (Wildman–Crippen MR) is 69.8 cm³/mol. The van der Waals surface area contributed by atoms with Crippen LogP contribution in [0.5, 0.6) is 0 Å². The van der Waals surface area contributed by atoms with Gasteiger partial charge in [-0.1, -0.05) is 30.4 Å².